The average molecular weight is 971 g/mol. The number of fused-ring (bicyclic) bond motifs is 2. The zero-order valence-corrected chi connectivity index (χ0v) is 42.7. The number of allylic oxidation sites excluding steroid dienone is 1. The summed E-state index contributed by atoms with van der Waals surface area (Å²) in [5, 5.41) is 39.2. The molecule has 1 fully saturated rings. The highest BCUT2D eigenvalue weighted by molar-refractivity contribution is 6.03. The predicted octanol–water partition coefficient (Wildman–Crippen LogP) is 12.0. The SMILES string of the molecule is C=CCO[C@@]12Oc3ccc(OC(=O)NCCCCCCCCCCCC)cc3[C@H]3[C@H](CCCCO)[C@@H](CCCCO)C=C(C(=NOC(C)(C)C)C[C@@H]1N(CCC)C(=O)C=Cc1ccc([N+](=O)[O-])cc1)[C@H]32. The molecule has 3 aliphatic rings. The topological polar surface area (TPSA) is 182 Å². The molecule has 386 valence electrons. The van der Waals surface area contributed by atoms with E-state index < -0.39 is 34.4 Å². The van der Waals surface area contributed by atoms with Crippen LogP contribution in [0.1, 0.15) is 167 Å². The molecule has 5 rings (SSSR count). The van der Waals surface area contributed by atoms with Crippen molar-refractivity contribution in [2.24, 2.45) is 22.9 Å². The molecule has 0 spiro atoms. The van der Waals surface area contributed by atoms with Crippen LogP contribution in [0.3, 0.4) is 0 Å². The predicted molar refractivity (Wildman–Crippen MR) is 276 cm³/mol. The Kier molecular flexibility index (Phi) is 22.4. The summed E-state index contributed by atoms with van der Waals surface area (Å²) in [6.45, 7) is 15.2. The fourth-order valence-corrected chi connectivity index (χ4v) is 10.5. The number of aliphatic hydroxyl groups excluding tert-OH is 2. The molecule has 6 atom stereocenters. The van der Waals surface area contributed by atoms with Gasteiger partial charge in [-0.25, -0.2) is 4.79 Å². The van der Waals surface area contributed by atoms with Gasteiger partial charge >= 0.3 is 6.09 Å². The number of oxime groups is 1. The Labute approximate surface area is 417 Å². The van der Waals surface area contributed by atoms with Gasteiger partial charge in [-0.1, -0.05) is 102 Å². The van der Waals surface area contributed by atoms with Crippen LogP contribution in [0.15, 0.2) is 78.0 Å². The van der Waals surface area contributed by atoms with Crippen molar-refractivity contribution in [1.29, 1.82) is 0 Å². The first-order valence-corrected chi connectivity index (χ1v) is 26.3. The van der Waals surface area contributed by atoms with Crippen molar-refractivity contribution >= 4 is 29.5 Å². The maximum Gasteiger partial charge on any atom is 0.412 e. The van der Waals surface area contributed by atoms with E-state index in [1.54, 1.807) is 35.3 Å². The molecule has 14 heteroatoms. The molecule has 14 nitrogen and oxygen atoms in total. The second kappa shape index (κ2) is 28.1. The average Bonchev–Trinajstić information content (AvgIpc) is 3.34. The van der Waals surface area contributed by atoms with E-state index in [9.17, 15) is 29.9 Å². The standard InChI is InChI=1S/C56H82N4O10/c1-7-10-11-12-13-14-15-16-17-20-33-57-54(64)68-44-30-31-49-47(39-44)52-45(24-19-22-36-62)42(23-18-21-35-61)38-46-48(58-70-55(4,5)6)40-50(56(69-49,53(46)52)67-37-9-3)59(34-8-2)51(63)32-27-41-25-28-43(29-26-41)60(65)66/h9,25-32,38-39,42,45,50,52-53,61-62H,3,7-8,10-24,33-37,40H2,1-2,4-6H3,(H,57,64)/t42-,45+,50-,52+,53+,56+/m0/s1. The van der Waals surface area contributed by atoms with E-state index in [1.807, 2.05) is 39.8 Å². The van der Waals surface area contributed by atoms with E-state index in [1.165, 1.54) is 63.2 Å². The van der Waals surface area contributed by atoms with Gasteiger partial charge in [0, 0.05) is 62.4 Å². The number of non-ortho nitro benzene ring substituents is 1. The number of nitro benzene ring substituents is 1. The molecule has 0 aromatic heterocycles. The summed E-state index contributed by atoms with van der Waals surface area (Å²) < 4.78 is 20.4. The van der Waals surface area contributed by atoms with Crippen molar-refractivity contribution in [2.45, 2.75) is 174 Å². The maximum absolute atomic E-state index is 14.8. The summed E-state index contributed by atoms with van der Waals surface area (Å²) in [6, 6.07) is 10.8. The first-order valence-electron chi connectivity index (χ1n) is 26.3. The van der Waals surface area contributed by atoms with Crippen LogP contribution in [-0.2, 0) is 14.4 Å². The number of ether oxygens (including phenoxy) is 3. The Hall–Kier alpha value is -5.05. The molecule has 2 aromatic carbocycles. The third-order valence-electron chi connectivity index (χ3n) is 13.7. The summed E-state index contributed by atoms with van der Waals surface area (Å²) in [6.07, 6.45) is 23.8. The van der Waals surface area contributed by atoms with E-state index >= 15 is 0 Å². The lowest BCUT2D eigenvalue weighted by molar-refractivity contribution is -0.384. The number of unbranched alkanes of at least 4 members (excludes halogenated alkanes) is 11. The van der Waals surface area contributed by atoms with Crippen molar-refractivity contribution in [3.8, 4) is 11.5 Å². The first-order chi connectivity index (χ1) is 33.8. The normalized spacial score (nSPS) is 22.1. The Morgan fingerprint density at radius 1 is 0.929 bits per heavy atom. The van der Waals surface area contributed by atoms with E-state index in [-0.39, 0.29) is 55.6 Å². The number of carbonyl (C=O) groups is 2. The molecule has 2 aliphatic carbocycles. The van der Waals surface area contributed by atoms with Gasteiger partial charge in [0.05, 0.1) is 23.2 Å². The van der Waals surface area contributed by atoms with Gasteiger partial charge in [-0.05, 0) is 119 Å². The largest absolute Gasteiger partial charge is 0.459 e. The monoisotopic (exact) mass is 971 g/mol. The number of nitrogens with zero attached hydrogens (tertiary/aromatic N) is 3. The highest BCUT2D eigenvalue weighted by atomic mass is 16.7. The van der Waals surface area contributed by atoms with E-state index in [4.69, 9.17) is 24.2 Å². The number of hydrogen-bond acceptors (Lipinski definition) is 11. The molecular weight excluding hydrogens is 889 g/mol. The molecule has 3 N–H and O–H groups in total. The minimum atomic E-state index is -1.47. The summed E-state index contributed by atoms with van der Waals surface area (Å²) >= 11 is 0. The number of carbonyl (C=O) groups excluding carboxylic acids is 2. The van der Waals surface area contributed by atoms with Gasteiger partial charge in [0.1, 0.15) is 23.1 Å². The quantitative estimate of drug-likeness (QED) is 0.0224. The zero-order valence-electron chi connectivity index (χ0n) is 42.7. The zero-order chi connectivity index (χ0) is 50.5. The van der Waals surface area contributed by atoms with E-state index in [2.05, 4.69) is 24.9 Å². The highest BCUT2D eigenvalue weighted by Crippen LogP contribution is 2.62. The smallest absolute Gasteiger partial charge is 0.412 e. The number of nitrogens with one attached hydrogen (secondary N) is 1. The van der Waals surface area contributed by atoms with Gasteiger partial charge < -0.3 is 39.5 Å². The molecule has 0 bridgehead atoms. The van der Waals surface area contributed by atoms with Crippen LogP contribution in [0, 0.1) is 27.9 Å². The Morgan fingerprint density at radius 2 is 1.60 bits per heavy atom. The van der Waals surface area contributed by atoms with Crippen molar-refractivity contribution < 1.29 is 43.8 Å². The van der Waals surface area contributed by atoms with Gasteiger partial charge in [-0.3, -0.25) is 14.9 Å². The lowest BCUT2D eigenvalue weighted by Crippen LogP contribution is -2.70. The van der Waals surface area contributed by atoms with Crippen molar-refractivity contribution in [2.75, 3.05) is 32.9 Å². The number of nitro groups is 1. The number of hydrogen-bond donors (Lipinski definition) is 3. The molecule has 0 saturated heterocycles. The number of rotatable bonds is 30. The summed E-state index contributed by atoms with van der Waals surface area (Å²) in [5.41, 5.74) is 2.36. The van der Waals surface area contributed by atoms with Gasteiger partial charge in [-0.15, -0.1) is 6.58 Å². The Balaban J connectivity index is 1.58. The lowest BCUT2D eigenvalue weighted by Gasteiger charge is -2.60. The van der Waals surface area contributed by atoms with Crippen molar-refractivity contribution in [3.63, 3.8) is 0 Å². The van der Waals surface area contributed by atoms with Crippen LogP contribution >= 0.6 is 0 Å². The Morgan fingerprint density at radius 3 is 2.23 bits per heavy atom. The van der Waals surface area contributed by atoms with Crippen LogP contribution in [0.2, 0.25) is 0 Å². The summed E-state index contributed by atoms with van der Waals surface area (Å²) in [5.74, 6) is -1.69. The second-order valence-corrected chi connectivity index (χ2v) is 20.2. The maximum atomic E-state index is 14.8. The number of benzene rings is 2. The molecule has 1 saturated carbocycles. The van der Waals surface area contributed by atoms with Crippen LogP contribution in [0.5, 0.6) is 11.5 Å². The van der Waals surface area contributed by atoms with E-state index in [0.29, 0.717) is 55.1 Å². The van der Waals surface area contributed by atoms with Crippen LogP contribution in [-0.4, -0.2) is 88.1 Å². The first kappa shape index (κ1) is 55.9. The molecule has 1 aliphatic heterocycles. The van der Waals surface area contributed by atoms with Gasteiger partial charge in [-0.2, -0.15) is 0 Å². The summed E-state index contributed by atoms with van der Waals surface area (Å²) in [4.78, 5) is 47.1. The summed E-state index contributed by atoms with van der Waals surface area (Å²) in [7, 11) is 0. The molecule has 0 radical (unpaired) electrons. The van der Waals surface area contributed by atoms with Crippen molar-refractivity contribution in [3.05, 3.63) is 94.1 Å². The van der Waals surface area contributed by atoms with Crippen LogP contribution < -0.4 is 14.8 Å². The lowest BCUT2D eigenvalue weighted by atomic mass is 9.55. The molecule has 0 unspecified atom stereocenters. The molecule has 1 heterocycles. The minimum Gasteiger partial charge on any atom is -0.459 e. The highest BCUT2D eigenvalue weighted by Gasteiger charge is 2.65. The van der Waals surface area contributed by atoms with E-state index in [0.717, 1.165) is 56.1 Å². The van der Waals surface area contributed by atoms with Gasteiger partial charge in [0.15, 0.2) is 0 Å². The third kappa shape index (κ3) is 15.5. The molecule has 2 aromatic rings. The van der Waals surface area contributed by atoms with Crippen LogP contribution in [0.25, 0.3) is 6.08 Å². The molecule has 2 amide bonds. The van der Waals surface area contributed by atoms with Crippen molar-refractivity contribution in [1.82, 2.24) is 10.2 Å². The third-order valence-corrected chi connectivity index (χ3v) is 13.7. The molecular formula is C56H82N4O10. The number of aliphatic hydroxyl groups is 2. The minimum absolute atomic E-state index is 0.0188. The molecule has 70 heavy (non-hydrogen) atoms. The second-order valence-electron chi connectivity index (χ2n) is 20.2. The van der Waals surface area contributed by atoms with Gasteiger partial charge in [0.25, 0.3) is 5.69 Å². The Bertz CT molecular complexity index is 2080. The van der Waals surface area contributed by atoms with Crippen LogP contribution in [0.4, 0.5) is 10.5 Å². The number of amides is 2. The fraction of sp³-hybridized carbons (Fsp3) is 0.625. The van der Waals surface area contributed by atoms with Gasteiger partial charge in [0.2, 0.25) is 11.7 Å². The fourth-order valence-electron chi connectivity index (χ4n) is 10.5.